The SMILES string of the molecule is COc1ccc(S(=O)(=O)N(CCO)CCO[C@@H]2C[C@H](C3CCC3)C=C(C(=O)Nc3cccnc3)O2)cc1. The summed E-state index contributed by atoms with van der Waals surface area (Å²) in [4.78, 5) is 17.0. The van der Waals surface area contributed by atoms with Crippen LogP contribution in [0.5, 0.6) is 5.75 Å². The summed E-state index contributed by atoms with van der Waals surface area (Å²) in [6.45, 7) is -0.355. The van der Waals surface area contributed by atoms with Crippen molar-refractivity contribution < 1.29 is 32.5 Å². The minimum Gasteiger partial charge on any atom is -0.497 e. The van der Waals surface area contributed by atoms with Gasteiger partial charge in [-0.05, 0) is 67.2 Å². The van der Waals surface area contributed by atoms with Gasteiger partial charge in [-0.2, -0.15) is 4.31 Å². The number of rotatable bonds is 12. The van der Waals surface area contributed by atoms with Gasteiger partial charge < -0.3 is 24.6 Å². The van der Waals surface area contributed by atoms with Crippen molar-refractivity contribution in [1.29, 1.82) is 0 Å². The Morgan fingerprint density at radius 1 is 1.22 bits per heavy atom. The van der Waals surface area contributed by atoms with Crippen LogP contribution in [-0.4, -0.2) is 68.4 Å². The Labute approximate surface area is 217 Å². The van der Waals surface area contributed by atoms with Gasteiger partial charge in [0.1, 0.15) is 5.75 Å². The highest BCUT2D eigenvalue weighted by molar-refractivity contribution is 7.89. The Kier molecular flexibility index (Phi) is 9.14. The predicted molar refractivity (Wildman–Crippen MR) is 136 cm³/mol. The van der Waals surface area contributed by atoms with Crippen LogP contribution in [0.4, 0.5) is 5.69 Å². The summed E-state index contributed by atoms with van der Waals surface area (Å²) in [7, 11) is -2.35. The Hall–Kier alpha value is -2.99. The van der Waals surface area contributed by atoms with Crippen molar-refractivity contribution in [2.24, 2.45) is 11.8 Å². The molecule has 2 aromatic rings. The largest absolute Gasteiger partial charge is 0.497 e. The standard InChI is InChI=1S/C26H33N3O7S/c1-34-22-7-9-23(10-8-22)37(32,33)29(12-14-30)13-15-35-25-17-20(19-4-2-5-19)16-24(36-25)26(31)28-21-6-3-11-27-18-21/h3,6-11,16,18-20,25,30H,2,4-5,12-15,17H2,1H3,(H,28,31)/t20-,25+/m1/s1. The van der Waals surface area contributed by atoms with Crippen molar-refractivity contribution in [3.05, 3.63) is 60.6 Å². The molecule has 1 aliphatic carbocycles. The van der Waals surface area contributed by atoms with E-state index in [0.29, 0.717) is 23.8 Å². The van der Waals surface area contributed by atoms with E-state index >= 15 is 0 Å². The zero-order valence-electron chi connectivity index (χ0n) is 20.8. The molecule has 0 spiro atoms. The van der Waals surface area contributed by atoms with Crippen LogP contribution in [0.3, 0.4) is 0 Å². The zero-order valence-corrected chi connectivity index (χ0v) is 21.6. The second-order valence-electron chi connectivity index (χ2n) is 9.04. The van der Waals surface area contributed by atoms with Crippen LogP contribution in [0.2, 0.25) is 0 Å². The number of allylic oxidation sites excluding steroid dienone is 1. The Morgan fingerprint density at radius 3 is 2.62 bits per heavy atom. The number of anilines is 1. The van der Waals surface area contributed by atoms with Crippen LogP contribution in [0.1, 0.15) is 25.7 Å². The molecule has 1 saturated carbocycles. The van der Waals surface area contributed by atoms with Gasteiger partial charge in [0.05, 0.1) is 37.1 Å². The smallest absolute Gasteiger partial charge is 0.290 e. The molecule has 2 atom stereocenters. The first-order valence-electron chi connectivity index (χ1n) is 12.4. The highest BCUT2D eigenvalue weighted by Gasteiger charge is 2.35. The second kappa shape index (κ2) is 12.5. The maximum Gasteiger partial charge on any atom is 0.290 e. The number of aromatic nitrogens is 1. The molecule has 4 rings (SSSR count). The van der Waals surface area contributed by atoms with E-state index in [9.17, 15) is 18.3 Å². The van der Waals surface area contributed by atoms with Gasteiger partial charge in [0.25, 0.3) is 5.91 Å². The van der Waals surface area contributed by atoms with Gasteiger partial charge in [-0.15, -0.1) is 0 Å². The number of hydrogen-bond acceptors (Lipinski definition) is 8. The fraction of sp³-hybridized carbons (Fsp3) is 0.462. The van der Waals surface area contributed by atoms with Crippen molar-refractivity contribution in [2.45, 2.75) is 36.9 Å². The molecule has 0 radical (unpaired) electrons. The highest BCUT2D eigenvalue weighted by atomic mass is 32.2. The molecule has 37 heavy (non-hydrogen) atoms. The Bertz CT molecular complexity index is 1170. The van der Waals surface area contributed by atoms with E-state index in [0.717, 1.165) is 19.3 Å². The molecule has 0 bridgehead atoms. The molecule has 1 aliphatic heterocycles. The molecule has 0 unspecified atom stereocenters. The molecule has 1 aromatic heterocycles. The van der Waals surface area contributed by atoms with Gasteiger partial charge in [0, 0.05) is 25.7 Å². The molecule has 1 aromatic carbocycles. The summed E-state index contributed by atoms with van der Waals surface area (Å²) >= 11 is 0. The fourth-order valence-electron chi connectivity index (χ4n) is 4.42. The first-order valence-corrected chi connectivity index (χ1v) is 13.8. The lowest BCUT2D eigenvalue weighted by Crippen LogP contribution is -2.38. The molecule has 0 saturated heterocycles. The van der Waals surface area contributed by atoms with Gasteiger partial charge in [-0.3, -0.25) is 9.78 Å². The number of amides is 1. The van der Waals surface area contributed by atoms with E-state index in [2.05, 4.69) is 10.3 Å². The summed E-state index contributed by atoms with van der Waals surface area (Å²) in [5.41, 5.74) is 0.559. The molecule has 2 N–H and O–H groups in total. The number of hydrogen-bond donors (Lipinski definition) is 2. The fourth-order valence-corrected chi connectivity index (χ4v) is 5.83. The molecule has 2 aliphatic rings. The molecular formula is C26H33N3O7S. The number of benzene rings is 1. The van der Waals surface area contributed by atoms with Crippen LogP contribution in [0.25, 0.3) is 0 Å². The maximum absolute atomic E-state index is 13.1. The van der Waals surface area contributed by atoms with Crippen LogP contribution in [-0.2, 0) is 24.3 Å². The lowest BCUT2D eigenvalue weighted by atomic mass is 9.73. The van der Waals surface area contributed by atoms with Crippen molar-refractivity contribution in [3.63, 3.8) is 0 Å². The molecule has 10 nitrogen and oxygen atoms in total. The van der Waals surface area contributed by atoms with Crippen molar-refractivity contribution in [1.82, 2.24) is 9.29 Å². The summed E-state index contributed by atoms with van der Waals surface area (Å²) < 4.78 is 44.4. The quantitative estimate of drug-likeness (QED) is 0.428. The summed E-state index contributed by atoms with van der Waals surface area (Å²) in [5, 5.41) is 12.3. The van der Waals surface area contributed by atoms with Crippen LogP contribution >= 0.6 is 0 Å². The van der Waals surface area contributed by atoms with Gasteiger partial charge in [0.2, 0.25) is 16.3 Å². The normalized spacial score (nSPS) is 20.0. The first kappa shape index (κ1) is 27.1. The number of aliphatic hydroxyl groups is 1. The van der Waals surface area contributed by atoms with E-state index < -0.39 is 16.3 Å². The van der Waals surface area contributed by atoms with E-state index in [1.165, 1.54) is 23.5 Å². The molecule has 1 fully saturated rings. The topological polar surface area (TPSA) is 127 Å². The van der Waals surface area contributed by atoms with E-state index in [-0.39, 0.29) is 48.8 Å². The number of ether oxygens (including phenoxy) is 3. The van der Waals surface area contributed by atoms with Gasteiger partial charge in [-0.25, -0.2) is 8.42 Å². The van der Waals surface area contributed by atoms with Crippen molar-refractivity contribution in [3.8, 4) is 5.75 Å². The minimum absolute atomic E-state index is 0.0177. The number of methoxy groups -OCH3 is 1. The number of aliphatic hydroxyl groups excluding tert-OH is 1. The van der Waals surface area contributed by atoms with Crippen LogP contribution in [0.15, 0.2) is 65.5 Å². The Balaban J connectivity index is 1.39. The van der Waals surface area contributed by atoms with Crippen LogP contribution < -0.4 is 10.1 Å². The van der Waals surface area contributed by atoms with Crippen molar-refractivity contribution in [2.75, 3.05) is 38.7 Å². The predicted octanol–water partition coefficient (Wildman–Crippen LogP) is 2.78. The molecule has 2 heterocycles. The number of nitrogens with one attached hydrogen (secondary N) is 1. The number of pyridine rings is 1. The maximum atomic E-state index is 13.1. The summed E-state index contributed by atoms with van der Waals surface area (Å²) in [6, 6.07) is 9.54. The summed E-state index contributed by atoms with van der Waals surface area (Å²) in [5.74, 6) is 0.962. The van der Waals surface area contributed by atoms with Gasteiger partial charge in [0.15, 0.2) is 5.76 Å². The average Bonchev–Trinajstić information content (AvgIpc) is 2.87. The number of nitrogens with zero attached hydrogens (tertiary/aromatic N) is 2. The molecular weight excluding hydrogens is 498 g/mol. The lowest BCUT2D eigenvalue weighted by Gasteiger charge is -2.37. The zero-order chi connectivity index (χ0) is 26.3. The van der Waals surface area contributed by atoms with Crippen LogP contribution in [0, 0.1) is 11.8 Å². The van der Waals surface area contributed by atoms with E-state index in [1.807, 2.05) is 6.08 Å². The third-order valence-electron chi connectivity index (χ3n) is 6.68. The van der Waals surface area contributed by atoms with Gasteiger partial charge in [-0.1, -0.05) is 6.42 Å². The Morgan fingerprint density at radius 2 is 2.00 bits per heavy atom. The first-order chi connectivity index (χ1) is 17.9. The summed E-state index contributed by atoms with van der Waals surface area (Å²) in [6.07, 6.45) is 8.30. The third-order valence-corrected chi connectivity index (χ3v) is 8.59. The average molecular weight is 532 g/mol. The molecule has 11 heteroatoms. The monoisotopic (exact) mass is 531 g/mol. The minimum atomic E-state index is -3.85. The molecule has 200 valence electrons. The second-order valence-corrected chi connectivity index (χ2v) is 11.0. The number of carbonyl (C=O) groups excluding carboxylic acids is 1. The third kappa shape index (κ3) is 6.86. The highest BCUT2D eigenvalue weighted by Crippen LogP contribution is 2.40. The van der Waals surface area contributed by atoms with E-state index in [1.54, 1.807) is 36.7 Å². The van der Waals surface area contributed by atoms with E-state index in [4.69, 9.17) is 14.2 Å². The van der Waals surface area contributed by atoms with Gasteiger partial charge >= 0.3 is 0 Å². The lowest BCUT2D eigenvalue weighted by molar-refractivity contribution is -0.150. The number of carbonyl (C=O) groups is 1. The molecule has 1 amide bonds. The van der Waals surface area contributed by atoms with Crippen molar-refractivity contribution >= 4 is 21.6 Å². The number of sulfonamides is 1.